The van der Waals surface area contributed by atoms with Gasteiger partial charge in [-0.3, -0.25) is 13.8 Å². The lowest BCUT2D eigenvalue weighted by Gasteiger charge is -2.23. The maximum atomic E-state index is 13.3. The molecular formula is C26H29N3O3S. The molecule has 2 aromatic rings. The molecule has 2 aromatic carbocycles. The van der Waals surface area contributed by atoms with Crippen LogP contribution in [0.5, 0.6) is 0 Å². The van der Waals surface area contributed by atoms with Crippen LogP contribution in [0.15, 0.2) is 51.9 Å². The third-order valence-electron chi connectivity index (χ3n) is 5.95. The molecule has 1 unspecified atom stereocenters. The quantitative estimate of drug-likeness (QED) is 0.624. The summed E-state index contributed by atoms with van der Waals surface area (Å²) in [6, 6.07) is 12.0. The smallest absolute Gasteiger partial charge is 0.250 e. The van der Waals surface area contributed by atoms with E-state index in [2.05, 4.69) is 30.2 Å². The molecule has 2 aliphatic rings. The fourth-order valence-electron chi connectivity index (χ4n) is 4.36. The van der Waals surface area contributed by atoms with Gasteiger partial charge in [-0.25, -0.2) is 4.99 Å². The number of amides is 2. The highest BCUT2D eigenvalue weighted by atomic mass is 32.2. The molecule has 2 aliphatic heterocycles. The second-order valence-electron chi connectivity index (χ2n) is 8.35. The molecule has 0 aromatic heterocycles. The number of amidine groups is 1. The first-order valence-corrected chi connectivity index (χ1v) is 12.8. The Kier molecular flexibility index (Phi) is 7.18. The molecule has 0 aliphatic carbocycles. The van der Waals surface area contributed by atoms with Gasteiger partial charge in [0.1, 0.15) is 5.84 Å². The zero-order valence-electron chi connectivity index (χ0n) is 19.1. The van der Waals surface area contributed by atoms with Crippen LogP contribution in [0.2, 0.25) is 0 Å². The molecular weight excluding hydrogens is 434 g/mol. The minimum atomic E-state index is -0.941. The normalized spacial score (nSPS) is 16.7. The number of nitrogens with zero attached hydrogens (tertiary/aromatic N) is 2. The summed E-state index contributed by atoms with van der Waals surface area (Å²) in [5, 5.41) is 2.67. The van der Waals surface area contributed by atoms with Gasteiger partial charge in [0.05, 0.1) is 16.5 Å². The van der Waals surface area contributed by atoms with Gasteiger partial charge in [-0.2, -0.15) is 0 Å². The molecule has 0 saturated heterocycles. The van der Waals surface area contributed by atoms with Crippen LogP contribution >= 0.6 is 0 Å². The molecule has 0 fully saturated rings. The van der Waals surface area contributed by atoms with E-state index in [1.165, 1.54) is 0 Å². The number of fused-ring (bicyclic) bond motifs is 2. The highest BCUT2D eigenvalue weighted by Crippen LogP contribution is 2.34. The van der Waals surface area contributed by atoms with Gasteiger partial charge in [-0.05, 0) is 54.2 Å². The monoisotopic (exact) mass is 463 g/mol. The van der Waals surface area contributed by atoms with E-state index < -0.39 is 10.8 Å². The first-order valence-electron chi connectivity index (χ1n) is 11.5. The van der Waals surface area contributed by atoms with Gasteiger partial charge in [0.2, 0.25) is 12.3 Å². The largest absolute Gasteiger partial charge is 0.339 e. The van der Waals surface area contributed by atoms with Crippen molar-refractivity contribution < 1.29 is 13.8 Å². The van der Waals surface area contributed by atoms with E-state index in [0.717, 1.165) is 46.4 Å². The van der Waals surface area contributed by atoms with Crippen LogP contribution in [-0.2, 0) is 26.8 Å². The van der Waals surface area contributed by atoms with E-state index in [1.54, 1.807) is 0 Å². The summed E-state index contributed by atoms with van der Waals surface area (Å²) in [6.45, 7) is 5.51. The Labute approximate surface area is 197 Å². The van der Waals surface area contributed by atoms with E-state index in [1.807, 2.05) is 41.3 Å². The van der Waals surface area contributed by atoms with Gasteiger partial charge in [-0.15, -0.1) is 0 Å². The van der Waals surface area contributed by atoms with Crippen molar-refractivity contribution in [3.8, 4) is 11.1 Å². The summed E-state index contributed by atoms with van der Waals surface area (Å²) < 4.78 is 12.3. The molecule has 4 rings (SSSR count). The molecule has 0 spiro atoms. The molecule has 172 valence electrons. The summed E-state index contributed by atoms with van der Waals surface area (Å²) >= 11 is 0. The predicted octanol–water partition coefficient (Wildman–Crippen LogP) is 4.23. The van der Waals surface area contributed by atoms with Gasteiger partial charge >= 0.3 is 0 Å². The fraction of sp³-hybridized carbons (Fsp3) is 0.346. The average molecular weight is 464 g/mol. The number of aliphatic imine (C=N–C) groups is 1. The summed E-state index contributed by atoms with van der Waals surface area (Å²) in [6.07, 6.45) is 5.38. The third-order valence-corrected chi connectivity index (χ3v) is 7.40. The fourth-order valence-corrected chi connectivity index (χ4v) is 5.70. The molecule has 1 atom stereocenters. The van der Waals surface area contributed by atoms with E-state index in [4.69, 9.17) is 0 Å². The Hall–Kier alpha value is -3.06. The van der Waals surface area contributed by atoms with Crippen LogP contribution in [0.1, 0.15) is 44.2 Å². The lowest BCUT2D eigenvalue weighted by atomic mass is 9.99. The summed E-state index contributed by atoms with van der Waals surface area (Å²) in [5.74, 6) is 1.11. The number of aryl methyl sites for hydroxylation is 1. The SMILES string of the molecule is CCCN(CCC)C(=O)C1=Cc2ccc(-c3ccc4c(c3)S(=O)CC4)cc2N=C(NC=O)C1. The molecule has 0 radical (unpaired) electrons. The number of benzene rings is 2. The first-order chi connectivity index (χ1) is 16.0. The maximum absolute atomic E-state index is 13.3. The Morgan fingerprint density at radius 1 is 1.12 bits per heavy atom. The standard InChI is InChI=1S/C26H29N3O3S/c1-3-10-29(11-4-2)26(31)22-13-21-8-7-19(14-23(21)28-25(16-22)27-17-30)20-6-5-18-9-12-33(32)24(18)15-20/h5-8,13-15,17H,3-4,9-12,16H2,1-2H3,(H,27,28,30). The summed E-state index contributed by atoms with van der Waals surface area (Å²) in [7, 11) is -0.941. The Morgan fingerprint density at radius 3 is 2.58 bits per heavy atom. The minimum Gasteiger partial charge on any atom is -0.339 e. The topological polar surface area (TPSA) is 78.8 Å². The highest BCUT2D eigenvalue weighted by molar-refractivity contribution is 7.85. The van der Waals surface area contributed by atoms with Crippen LogP contribution in [0.3, 0.4) is 0 Å². The first kappa shape index (κ1) is 23.1. The molecule has 33 heavy (non-hydrogen) atoms. The zero-order valence-corrected chi connectivity index (χ0v) is 19.9. The Bertz CT molecular complexity index is 1160. The molecule has 6 nitrogen and oxygen atoms in total. The van der Waals surface area contributed by atoms with Crippen LogP contribution in [0.25, 0.3) is 17.2 Å². The Balaban J connectivity index is 1.73. The van der Waals surface area contributed by atoms with E-state index >= 15 is 0 Å². The minimum absolute atomic E-state index is 0.0165. The lowest BCUT2D eigenvalue weighted by Crippen LogP contribution is -2.35. The number of carbonyl (C=O) groups is 2. The number of nitrogens with one attached hydrogen (secondary N) is 1. The molecule has 0 bridgehead atoms. The predicted molar refractivity (Wildman–Crippen MR) is 133 cm³/mol. The molecule has 2 heterocycles. The number of carbonyl (C=O) groups excluding carboxylic acids is 2. The van der Waals surface area contributed by atoms with Crippen molar-refractivity contribution in [3.05, 3.63) is 53.1 Å². The second kappa shape index (κ2) is 10.3. The van der Waals surface area contributed by atoms with Gasteiger partial charge < -0.3 is 10.2 Å². The summed E-state index contributed by atoms with van der Waals surface area (Å²) in [5.41, 5.74) is 5.23. The average Bonchev–Trinajstić information content (AvgIpc) is 3.08. The molecule has 7 heteroatoms. The van der Waals surface area contributed by atoms with Crippen LogP contribution in [-0.4, -0.2) is 46.1 Å². The van der Waals surface area contributed by atoms with Crippen molar-refractivity contribution >= 4 is 40.7 Å². The van der Waals surface area contributed by atoms with E-state index in [9.17, 15) is 13.8 Å². The third kappa shape index (κ3) is 4.98. The van der Waals surface area contributed by atoms with E-state index in [0.29, 0.717) is 42.3 Å². The van der Waals surface area contributed by atoms with Gasteiger partial charge in [0, 0.05) is 41.3 Å². The number of hydrogen-bond acceptors (Lipinski definition) is 4. The molecule has 0 saturated carbocycles. The summed E-state index contributed by atoms with van der Waals surface area (Å²) in [4.78, 5) is 31.9. The lowest BCUT2D eigenvalue weighted by molar-refractivity contribution is -0.127. The van der Waals surface area contributed by atoms with Gasteiger partial charge in [0.25, 0.3) is 0 Å². The van der Waals surface area contributed by atoms with Crippen molar-refractivity contribution in [2.75, 3.05) is 18.8 Å². The van der Waals surface area contributed by atoms with Crippen molar-refractivity contribution in [2.24, 2.45) is 4.99 Å². The van der Waals surface area contributed by atoms with E-state index in [-0.39, 0.29) is 12.3 Å². The van der Waals surface area contributed by atoms with Gasteiger partial charge in [-0.1, -0.05) is 38.1 Å². The molecule has 2 amide bonds. The van der Waals surface area contributed by atoms with Crippen molar-refractivity contribution in [1.29, 1.82) is 0 Å². The van der Waals surface area contributed by atoms with Crippen LogP contribution in [0, 0.1) is 0 Å². The zero-order chi connectivity index (χ0) is 23.4. The van der Waals surface area contributed by atoms with Crippen molar-refractivity contribution in [1.82, 2.24) is 10.2 Å². The van der Waals surface area contributed by atoms with Crippen LogP contribution in [0.4, 0.5) is 5.69 Å². The highest BCUT2D eigenvalue weighted by Gasteiger charge is 2.22. The van der Waals surface area contributed by atoms with Crippen LogP contribution < -0.4 is 5.32 Å². The number of rotatable bonds is 7. The second-order valence-corrected chi connectivity index (χ2v) is 9.89. The van der Waals surface area contributed by atoms with Gasteiger partial charge in [0.15, 0.2) is 0 Å². The molecule has 1 N–H and O–H groups in total. The number of hydrogen-bond donors (Lipinski definition) is 1. The van der Waals surface area contributed by atoms with Crippen molar-refractivity contribution in [2.45, 2.75) is 44.4 Å². The Morgan fingerprint density at radius 2 is 1.85 bits per heavy atom. The maximum Gasteiger partial charge on any atom is 0.250 e. The van der Waals surface area contributed by atoms with Crippen molar-refractivity contribution in [3.63, 3.8) is 0 Å².